The molecule has 0 unspecified atom stereocenters. The van der Waals surface area contributed by atoms with Gasteiger partial charge < -0.3 is 4.57 Å². The van der Waals surface area contributed by atoms with Crippen LogP contribution in [0, 0.1) is 0 Å². The smallest absolute Gasteiger partial charge is 0.141 e. The fourth-order valence-electron chi connectivity index (χ4n) is 3.11. The summed E-state index contributed by atoms with van der Waals surface area (Å²) in [6, 6.07) is 25.8. The van der Waals surface area contributed by atoms with Crippen molar-refractivity contribution in [3.63, 3.8) is 0 Å². The standard InChI is InChI=1S/C22H20N2S2/c1-25-18-11-7-16(8-12-18)15-24-21-6-4-3-5-20(21)23-22(24)17-9-13-19(26-2)14-10-17/h3-14H,15H2,1-2H3. The Morgan fingerprint density at radius 2 is 1.38 bits per heavy atom. The van der Waals surface area contributed by atoms with Crippen LogP contribution >= 0.6 is 23.5 Å². The van der Waals surface area contributed by atoms with Gasteiger partial charge in [-0.05, 0) is 54.5 Å². The number of benzene rings is 3. The van der Waals surface area contributed by atoms with Gasteiger partial charge in [-0.3, -0.25) is 0 Å². The third kappa shape index (κ3) is 3.39. The summed E-state index contributed by atoms with van der Waals surface area (Å²) in [6.45, 7) is 0.814. The van der Waals surface area contributed by atoms with Crippen molar-refractivity contribution in [1.82, 2.24) is 9.55 Å². The SMILES string of the molecule is CSc1ccc(Cn2c(-c3ccc(SC)cc3)nc3ccccc32)cc1. The predicted molar refractivity (Wildman–Crippen MR) is 114 cm³/mol. The molecule has 1 heterocycles. The second-order valence-corrected chi connectivity index (χ2v) is 7.85. The Balaban J connectivity index is 1.80. The monoisotopic (exact) mass is 376 g/mol. The zero-order valence-corrected chi connectivity index (χ0v) is 16.5. The lowest BCUT2D eigenvalue weighted by atomic mass is 10.2. The van der Waals surface area contributed by atoms with Gasteiger partial charge >= 0.3 is 0 Å². The minimum Gasteiger partial charge on any atom is -0.319 e. The molecule has 0 amide bonds. The minimum atomic E-state index is 0.814. The van der Waals surface area contributed by atoms with Crippen molar-refractivity contribution in [3.05, 3.63) is 78.4 Å². The number of thioether (sulfide) groups is 2. The molecule has 130 valence electrons. The molecule has 0 aliphatic carbocycles. The molecule has 26 heavy (non-hydrogen) atoms. The number of nitrogens with zero attached hydrogens (tertiary/aromatic N) is 2. The lowest BCUT2D eigenvalue weighted by Crippen LogP contribution is -2.02. The average Bonchev–Trinajstić information content (AvgIpc) is 3.07. The first-order valence-corrected chi connectivity index (χ1v) is 11.0. The topological polar surface area (TPSA) is 17.8 Å². The molecular weight excluding hydrogens is 356 g/mol. The van der Waals surface area contributed by atoms with E-state index in [1.54, 1.807) is 23.5 Å². The average molecular weight is 377 g/mol. The maximum Gasteiger partial charge on any atom is 0.141 e. The Morgan fingerprint density at radius 1 is 0.769 bits per heavy atom. The van der Waals surface area contributed by atoms with E-state index < -0.39 is 0 Å². The Labute approximate surface area is 162 Å². The van der Waals surface area contributed by atoms with Gasteiger partial charge in [-0.15, -0.1) is 23.5 Å². The summed E-state index contributed by atoms with van der Waals surface area (Å²) in [5.74, 6) is 1.02. The molecule has 0 aliphatic rings. The van der Waals surface area contributed by atoms with Gasteiger partial charge in [-0.2, -0.15) is 0 Å². The number of hydrogen-bond acceptors (Lipinski definition) is 3. The highest BCUT2D eigenvalue weighted by atomic mass is 32.2. The molecule has 0 radical (unpaired) electrons. The fourth-order valence-corrected chi connectivity index (χ4v) is 3.93. The van der Waals surface area contributed by atoms with E-state index in [0.29, 0.717) is 0 Å². The van der Waals surface area contributed by atoms with Crippen molar-refractivity contribution in [2.75, 3.05) is 12.5 Å². The Bertz CT molecular complexity index is 1020. The second kappa shape index (κ2) is 7.60. The zero-order valence-electron chi connectivity index (χ0n) is 14.8. The van der Waals surface area contributed by atoms with E-state index >= 15 is 0 Å². The number of imidazole rings is 1. The first-order valence-electron chi connectivity index (χ1n) is 8.51. The maximum absolute atomic E-state index is 4.92. The van der Waals surface area contributed by atoms with Crippen molar-refractivity contribution in [2.24, 2.45) is 0 Å². The van der Waals surface area contributed by atoms with Crippen LogP contribution < -0.4 is 0 Å². The molecule has 0 saturated heterocycles. The molecule has 4 heteroatoms. The van der Waals surface area contributed by atoms with E-state index in [1.165, 1.54) is 20.9 Å². The first kappa shape index (κ1) is 17.3. The number of fused-ring (bicyclic) bond motifs is 1. The highest BCUT2D eigenvalue weighted by molar-refractivity contribution is 7.98. The van der Waals surface area contributed by atoms with Crippen LogP contribution in [-0.2, 0) is 6.54 Å². The highest BCUT2D eigenvalue weighted by Gasteiger charge is 2.13. The van der Waals surface area contributed by atoms with Crippen LogP contribution in [0.1, 0.15) is 5.56 Å². The van der Waals surface area contributed by atoms with Crippen LogP contribution in [0.15, 0.2) is 82.6 Å². The van der Waals surface area contributed by atoms with Crippen LogP contribution in [0.2, 0.25) is 0 Å². The molecule has 0 fully saturated rings. The molecule has 2 nitrogen and oxygen atoms in total. The lowest BCUT2D eigenvalue weighted by molar-refractivity contribution is 0.833. The van der Waals surface area contributed by atoms with Crippen molar-refractivity contribution in [1.29, 1.82) is 0 Å². The van der Waals surface area contributed by atoms with Gasteiger partial charge in [0.2, 0.25) is 0 Å². The molecular formula is C22H20N2S2. The molecule has 0 bridgehead atoms. The van der Waals surface area contributed by atoms with Crippen molar-refractivity contribution in [3.8, 4) is 11.4 Å². The molecule has 0 saturated carbocycles. The summed E-state index contributed by atoms with van der Waals surface area (Å²) < 4.78 is 2.32. The lowest BCUT2D eigenvalue weighted by Gasteiger charge is -2.10. The maximum atomic E-state index is 4.92. The predicted octanol–water partition coefficient (Wildman–Crippen LogP) is 6.20. The van der Waals surface area contributed by atoms with Crippen LogP contribution in [0.25, 0.3) is 22.4 Å². The summed E-state index contributed by atoms with van der Waals surface area (Å²) in [4.78, 5) is 7.48. The zero-order chi connectivity index (χ0) is 17.9. The largest absolute Gasteiger partial charge is 0.319 e. The van der Waals surface area contributed by atoms with Crippen molar-refractivity contribution < 1.29 is 0 Å². The van der Waals surface area contributed by atoms with E-state index in [0.717, 1.165) is 23.4 Å². The van der Waals surface area contributed by atoms with E-state index in [9.17, 15) is 0 Å². The van der Waals surface area contributed by atoms with E-state index in [2.05, 4.69) is 83.8 Å². The molecule has 1 aromatic heterocycles. The van der Waals surface area contributed by atoms with Crippen LogP contribution in [0.4, 0.5) is 0 Å². The van der Waals surface area contributed by atoms with Gasteiger partial charge in [0, 0.05) is 21.9 Å². The first-order chi connectivity index (χ1) is 12.8. The molecule has 0 N–H and O–H groups in total. The summed E-state index contributed by atoms with van der Waals surface area (Å²) in [5.41, 5.74) is 4.65. The summed E-state index contributed by atoms with van der Waals surface area (Å²) >= 11 is 3.53. The Morgan fingerprint density at radius 3 is 2.04 bits per heavy atom. The molecule has 0 atom stereocenters. The third-order valence-corrected chi connectivity index (χ3v) is 5.99. The minimum absolute atomic E-state index is 0.814. The summed E-state index contributed by atoms with van der Waals surface area (Å²) in [5, 5.41) is 0. The third-order valence-electron chi connectivity index (χ3n) is 4.50. The van der Waals surface area contributed by atoms with Crippen LogP contribution in [0.5, 0.6) is 0 Å². The van der Waals surface area contributed by atoms with Gasteiger partial charge in [0.15, 0.2) is 0 Å². The van der Waals surface area contributed by atoms with E-state index in [1.807, 2.05) is 6.07 Å². The fraction of sp³-hybridized carbons (Fsp3) is 0.136. The van der Waals surface area contributed by atoms with E-state index in [4.69, 9.17) is 4.98 Å². The summed E-state index contributed by atoms with van der Waals surface area (Å²) in [7, 11) is 0. The quantitative estimate of drug-likeness (QED) is 0.386. The van der Waals surface area contributed by atoms with Crippen molar-refractivity contribution >= 4 is 34.6 Å². The molecule has 4 rings (SSSR count). The van der Waals surface area contributed by atoms with Gasteiger partial charge in [0.1, 0.15) is 5.82 Å². The Kier molecular flexibility index (Phi) is 5.05. The van der Waals surface area contributed by atoms with Gasteiger partial charge in [-0.1, -0.05) is 36.4 Å². The van der Waals surface area contributed by atoms with Crippen molar-refractivity contribution in [2.45, 2.75) is 16.3 Å². The van der Waals surface area contributed by atoms with E-state index in [-0.39, 0.29) is 0 Å². The second-order valence-electron chi connectivity index (χ2n) is 6.09. The van der Waals surface area contributed by atoms with Gasteiger partial charge in [0.05, 0.1) is 11.0 Å². The van der Waals surface area contributed by atoms with Crippen LogP contribution in [0.3, 0.4) is 0 Å². The number of aromatic nitrogens is 2. The summed E-state index contributed by atoms with van der Waals surface area (Å²) in [6.07, 6.45) is 4.21. The molecule has 3 aromatic carbocycles. The highest BCUT2D eigenvalue weighted by Crippen LogP contribution is 2.28. The Hall–Kier alpha value is -2.17. The molecule has 4 aromatic rings. The number of rotatable bonds is 5. The van der Waals surface area contributed by atoms with Crippen LogP contribution in [-0.4, -0.2) is 22.1 Å². The number of para-hydroxylation sites is 2. The van der Waals surface area contributed by atoms with Gasteiger partial charge in [-0.25, -0.2) is 4.98 Å². The molecule has 0 aliphatic heterocycles. The number of hydrogen-bond donors (Lipinski definition) is 0. The van der Waals surface area contributed by atoms with Gasteiger partial charge in [0.25, 0.3) is 0 Å². The molecule has 0 spiro atoms. The normalized spacial score (nSPS) is 11.2.